The van der Waals surface area contributed by atoms with Gasteiger partial charge in [0.25, 0.3) is 5.69 Å². The number of carbonyl (C=O) groups is 1. The predicted molar refractivity (Wildman–Crippen MR) is 63.3 cm³/mol. The second-order valence-electron chi connectivity index (χ2n) is 4.38. The largest absolute Gasteiger partial charge is 0.480 e. The summed E-state index contributed by atoms with van der Waals surface area (Å²) in [5.41, 5.74) is -1.10. The van der Waals surface area contributed by atoms with Crippen molar-refractivity contribution in [1.29, 1.82) is 0 Å². The summed E-state index contributed by atoms with van der Waals surface area (Å²) in [5.74, 6) is -0.551. The van der Waals surface area contributed by atoms with E-state index in [4.69, 9.17) is 0 Å². The predicted octanol–water partition coefficient (Wildman–Crippen LogP) is 1.80. The van der Waals surface area contributed by atoms with Gasteiger partial charge < -0.3 is 10.4 Å². The zero-order chi connectivity index (χ0) is 13.2. The summed E-state index contributed by atoms with van der Waals surface area (Å²) in [6.07, 6.45) is 3.91. The molecule has 7 nitrogen and oxygen atoms in total. The zero-order valence-corrected chi connectivity index (χ0v) is 9.63. The van der Waals surface area contributed by atoms with Crippen LogP contribution in [0.15, 0.2) is 18.3 Å². The van der Waals surface area contributed by atoms with E-state index in [0.717, 1.165) is 19.0 Å². The van der Waals surface area contributed by atoms with E-state index >= 15 is 0 Å². The third-order valence-electron chi connectivity index (χ3n) is 3.19. The molecule has 1 saturated carbocycles. The zero-order valence-electron chi connectivity index (χ0n) is 9.63. The first-order chi connectivity index (χ1) is 8.53. The molecule has 1 fully saturated rings. The summed E-state index contributed by atoms with van der Waals surface area (Å²) in [4.78, 5) is 25.1. The second kappa shape index (κ2) is 4.59. The van der Waals surface area contributed by atoms with Gasteiger partial charge in [0.2, 0.25) is 0 Å². The Bertz CT molecular complexity index is 466. The van der Waals surface area contributed by atoms with E-state index in [0.29, 0.717) is 18.7 Å². The lowest BCUT2D eigenvalue weighted by atomic mass is 9.98. The van der Waals surface area contributed by atoms with Crippen LogP contribution in [-0.4, -0.2) is 26.5 Å². The Morgan fingerprint density at radius 2 is 2.11 bits per heavy atom. The quantitative estimate of drug-likeness (QED) is 0.624. The molecule has 18 heavy (non-hydrogen) atoms. The van der Waals surface area contributed by atoms with Gasteiger partial charge in [0.05, 0.1) is 4.92 Å². The molecule has 96 valence electrons. The van der Waals surface area contributed by atoms with Gasteiger partial charge in [-0.2, -0.15) is 0 Å². The van der Waals surface area contributed by atoms with Gasteiger partial charge in [-0.25, -0.2) is 9.78 Å². The standard InChI is InChI=1S/C11H13N3O4/c15-10(16)11(5-1-2-6-11)13-9-4-3-8(7-12-9)14(17)18/h3-4,7H,1-2,5-6H2,(H,12,13)(H,15,16). The van der Waals surface area contributed by atoms with E-state index in [1.807, 2.05) is 0 Å². The van der Waals surface area contributed by atoms with E-state index < -0.39 is 16.4 Å². The van der Waals surface area contributed by atoms with Gasteiger partial charge in [-0.3, -0.25) is 10.1 Å². The van der Waals surface area contributed by atoms with Crippen molar-refractivity contribution in [3.8, 4) is 0 Å². The minimum absolute atomic E-state index is 0.114. The van der Waals surface area contributed by atoms with Crippen LogP contribution in [0.3, 0.4) is 0 Å². The molecule has 1 heterocycles. The van der Waals surface area contributed by atoms with Crippen molar-refractivity contribution in [1.82, 2.24) is 4.98 Å². The van der Waals surface area contributed by atoms with Crippen LogP contribution in [0.5, 0.6) is 0 Å². The number of rotatable bonds is 4. The van der Waals surface area contributed by atoms with E-state index in [2.05, 4.69) is 10.3 Å². The highest BCUT2D eigenvalue weighted by atomic mass is 16.6. The van der Waals surface area contributed by atoms with Crippen molar-refractivity contribution in [3.63, 3.8) is 0 Å². The number of pyridine rings is 1. The first-order valence-corrected chi connectivity index (χ1v) is 5.65. The normalized spacial score (nSPS) is 17.3. The third-order valence-corrected chi connectivity index (χ3v) is 3.19. The molecule has 0 atom stereocenters. The number of nitrogens with zero attached hydrogens (tertiary/aromatic N) is 2. The van der Waals surface area contributed by atoms with Crippen molar-refractivity contribution in [2.45, 2.75) is 31.2 Å². The Morgan fingerprint density at radius 1 is 1.44 bits per heavy atom. The number of hydrogen-bond donors (Lipinski definition) is 2. The van der Waals surface area contributed by atoms with Crippen LogP contribution in [0.1, 0.15) is 25.7 Å². The highest BCUT2D eigenvalue weighted by Gasteiger charge is 2.41. The van der Waals surface area contributed by atoms with E-state index in [9.17, 15) is 20.0 Å². The van der Waals surface area contributed by atoms with Crippen LogP contribution in [0.25, 0.3) is 0 Å². The van der Waals surface area contributed by atoms with Gasteiger partial charge in [-0.1, -0.05) is 12.8 Å². The Labute approximate surface area is 103 Å². The first kappa shape index (κ1) is 12.3. The van der Waals surface area contributed by atoms with Gasteiger partial charge in [0.1, 0.15) is 17.6 Å². The third kappa shape index (κ3) is 2.24. The highest BCUT2D eigenvalue weighted by Crippen LogP contribution is 2.33. The van der Waals surface area contributed by atoms with Crippen LogP contribution >= 0.6 is 0 Å². The lowest BCUT2D eigenvalue weighted by Gasteiger charge is -2.25. The van der Waals surface area contributed by atoms with E-state index in [1.165, 1.54) is 12.1 Å². The maximum atomic E-state index is 11.3. The highest BCUT2D eigenvalue weighted by molar-refractivity contribution is 5.82. The molecule has 1 aliphatic rings. The lowest BCUT2D eigenvalue weighted by molar-refractivity contribution is -0.385. The van der Waals surface area contributed by atoms with Crippen molar-refractivity contribution in [2.24, 2.45) is 0 Å². The number of nitrogens with one attached hydrogen (secondary N) is 1. The van der Waals surface area contributed by atoms with Crippen LogP contribution in [-0.2, 0) is 4.79 Å². The Morgan fingerprint density at radius 3 is 2.56 bits per heavy atom. The molecule has 0 aromatic carbocycles. The average molecular weight is 251 g/mol. The first-order valence-electron chi connectivity index (χ1n) is 5.65. The smallest absolute Gasteiger partial charge is 0.329 e. The van der Waals surface area contributed by atoms with E-state index in [-0.39, 0.29) is 5.69 Å². The fraction of sp³-hybridized carbons (Fsp3) is 0.455. The Kier molecular flexibility index (Phi) is 3.14. The van der Waals surface area contributed by atoms with Gasteiger partial charge in [0.15, 0.2) is 0 Å². The second-order valence-corrected chi connectivity index (χ2v) is 4.38. The fourth-order valence-electron chi connectivity index (χ4n) is 2.18. The van der Waals surface area contributed by atoms with Crippen LogP contribution in [0.4, 0.5) is 11.5 Å². The molecule has 2 N–H and O–H groups in total. The summed E-state index contributed by atoms with van der Waals surface area (Å²) in [6, 6.07) is 2.74. The molecule has 0 unspecified atom stereocenters. The van der Waals surface area contributed by atoms with Crippen LogP contribution in [0.2, 0.25) is 0 Å². The summed E-state index contributed by atoms with van der Waals surface area (Å²) >= 11 is 0. The molecule has 2 rings (SSSR count). The number of aromatic nitrogens is 1. The summed E-state index contributed by atoms with van der Waals surface area (Å²) in [5, 5.41) is 22.6. The van der Waals surface area contributed by atoms with Gasteiger partial charge in [-0.15, -0.1) is 0 Å². The number of aliphatic carboxylic acids is 1. The fourth-order valence-corrected chi connectivity index (χ4v) is 2.18. The van der Waals surface area contributed by atoms with Crippen molar-refractivity contribution >= 4 is 17.5 Å². The van der Waals surface area contributed by atoms with Crippen LogP contribution in [0, 0.1) is 10.1 Å². The monoisotopic (exact) mass is 251 g/mol. The maximum Gasteiger partial charge on any atom is 0.329 e. The molecule has 1 aromatic heterocycles. The molecule has 1 aliphatic carbocycles. The number of carboxylic acid groups (broad SMARTS) is 1. The molecule has 1 aromatic rings. The number of anilines is 1. The van der Waals surface area contributed by atoms with Gasteiger partial charge in [0, 0.05) is 6.07 Å². The van der Waals surface area contributed by atoms with Gasteiger partial charge in [-0.05, 0) is 18.9 Å². The summed E-state index contributed by atoms with van der Waals surface area (Å²) < 4.78 is 0. The molecule has 0 amide bonds. The summed E-state index contributed by atoms with van der Waals surface area (Å²) in [6.45, 7) is 0. The topological polar surface area (TPSA) is 105 Å². The number of nitro groups is 1. The maximum absolute atomic E-state index is 11.3. The molecule has 0 bridgehead atoms. The van der Waals surface area contributed by atoms with E-state index in [1.54, 1.807) is 0 Å². The number of hydrogen-bond acceptors (Lipinski definition) is 5. The number of carboxylic acids is 1. The molecule has 0 aliphatic heterocycles. The average Bonchev–Trinajstić information content (AvgIpc) is 2.79. The lowest BCUT2D eigenvalue weighted by Crippen LogP contribution is -2.43. The molecule has 0 radical (unpaired) electrons. The van der Waals surface area contributed by atoms with Gasteiger partial charge >= 0.3 is 5.97 Å². The molecule has 0 saturated heterocycles. The molecular formula is C11H13N3O4. The molecular weight excluding hydrogens is 238 g/mol. The van der Waals surface area contributed by atoms with Crippen molar-refractivity contribution in [2.75, 3.05) is 5.32 Å². The van der Waals surface area contributed by atoms with Crippen molar-refractivity contribution in [3.05, 3.63) is 28.4 Å². The minimum Gasteiger partial charge on any atom is -0.480 e. The SMILES string of the molecule is O=C(O)C1(Nc2ccc([N+](=O)[O-])cn2)CCCC1. The Balaban J connectivity index is 2.17. The molecule has 7 heteroatoms. The minimum atomic E-state index is -0.983. The van der Waals surface area contributed by atoms with Crippen molar-refractivity contribution < 1.29 is 14.8 Å². The molecule has 0 spiro atoms. The Hall–Kier alpha value is -2.18. The van der Waals surface area contributed by atoms with Crippen LogP contribution < -0.4 is 5.32 Å². The summed E-state index contributed by atoms with van der Waals surface area (Å²) in [7, 11) is 0.